The van der Waals surface area contributed by atoms with Crippen LogP contribution in [0.25, 0.3) is 0 Å². The van der Waals surface area contributed by atoms with Gasteiger partial charge in [0.1, 0.15) is 23.3 Å². The van der Waals surface area contributed by atoms with E-state index in [1.54, 1.807) is 42.7 Å². The van der Waals surface area contributed by atoms with Crippen molar-refractivity contribution >= 4 is 17.7 Å². The molecular formula is C18H14N2O5S. The summed E-state index contributed by atoms with van der Waals surface area (Å²) >= 11 is 1.32. The lowest BCUT2D eigenvalue weighted by atomic mass is 10.2. The van der Waals surface area contributed by atoms with Gasteiger partial charge in [0.15, 0.2) is 5.16 Å². The summed E-state index contributed by atoms with van der Waals surface area (Å²) in [5, 5.41) is 0.571. The number of hydrogen-bond donors (Lipinski definition) is 0. The number of aromatic nitrogens is 2. The number of hydrogen-bond acceptors (Lipinski definition) is 8. The van der Waals surface area contributed by atoms with Crippen LogP contribution in [0, 0.1) is 0 Å². The number of esters is 1. The molecule has 7 nitrogen and oxygen atoms in total. The summed E-state index contributed by atoms with van der Waals surface area (Å²) in [5.74, 6) is 0.266. The van der Waals surface area contributed by atoms with Crippen molar-refractivity contribution in [2.45, 2.75) is 10.9 Å². The number of methoxy groups -OCH3 is 1. The first kappa shape index (κ1) is 17.7. The summed E-state index contributed by atoms with van der Waals surface area (Å²) in [6.07, 6.45) is 4.38. The second kappa shape index (κ2) is 8.30. The number of para-hydroxylation sites is 1. The third-order valence-corrected chi connectivity index (χ3v) is 4.17. The van der Waals surface area contributed by atoms with Crippen molar-refractivity contribution in [3.63, 3.8) is 0 Å². The second-order valence-corrected chi connectivity index (χ2v) is 5.93. The van der Waals surface area contributed by atoms with E-state index in [4.69, 9.17) is 13.9 Å². The van der Waals surface area contributed by atoms with E-state index in [-0.39, 0.29) is 11.3 Å². The number of nitrogens with zero attached hydrogens (tertiary/aromatic N) is 2. The fourth-order valence-electron chi connectivity index (χ4n) is 2.05. The monoisotopic (exact) mass is 370 g/mol. The Labute approximate surface area is 153 Å². The van der Waals surface area contributed by atoms with Crippen LogP contribution in [-0.4, -0.2) is 23.0 Å². The molecule has 0 aliphatic heterocycles. The molecule has 1 aromatic carbocycles. The Morgan fingerprint density at radius 3 is 2.65 bits per heavy atom. The van der Waals surface area contributed by atoms with E-state index >= 15 is 0 Å². The quantitative estimate of drug-likeness (QED) is 0.372. The van der Waals surface area contributed by atoms with Gasteiger partial charge in [-0.05, 0) is 18.2 Å². The highest BCUT2D eigenvalue weighted by molar-refractivity contribution is 7.98. The smallest absolute Gasteiger partial charge is 0.347 e. The number of thioether (sulfide) groups is 1. The van der Waals surface area contributed by atoms with Crippen LogP contribution in [0.15, 0.2) is 69.4 Å². The number of rotatable bonds is 6. The minimum Gasteiger partial charge on any atom is -0.496 e. The molecule has 2 heterocycles. The van der Waals surface area contributed by atoms with Gasteiger partial charge in [0, 0.05) is 18.5 Å². The van der Waals surface area contributed by atoms with Gasteiger partial charge in [-0.15, -0.1) is 0 Å². The van der Waals surface area contributed by atoms with Gasteiger partial charge in [-0.3, -0.25) is 4.79 Å². The molecule has 0 saturated carbocycles. The minimum absolute atomic E-state index is 0.189. The topological polar surface area (TPSA) is 91.5 Å². The van der Waals surface area contributed by atoms with Crippen LogP contribution in [0.4, 0.5) is 0 Å². The molecule has 0 saturated heterocycles. The maximum atomic E-state index is 12.2. The lowest BCUT2D eigenvalue weighted by Crippen LogP contribution is -2.15. The van der Waals surface area contributed by atoms with Crippen molar-refractivity contribution in [3.8, 4) is 11.5 Å². The first-order chi connectivity index (χ1) is 12.7. The van der Waals surface area contributed by atoms with E-state index in [2.05, 4.69) is 9.97 Å². The second-order valence-electron chi connectivity index (χ2n) is 4.98. The standard InChI is InChI=1S/C18H14N2O5S/c1-23-15-6-3-2-5-13(15)17(22)25-16-10-24-12(9-14(16)21)11-26-18-19-7-4-8-20-18/h2-10H,11H2,1H3. The summed E-state index contributed by atoms with van der Waals surface area (Å²) < 4.78 is 15.6. The van der Waals surface area contributed by atoms with Crippen LogP contribution in [0.3, 0.4) is 0 Å². The normalized spacial score (nSPS) is 10.3. The van der Waals surface area contributed by atoms with E-state index < -0.39 is 11.4 Å². The number of benzene rings is 1. The predicted molar refractivity (Wildman–Crippen MR) is 94.5 cm³/mol. The molecule has 0 bridgehead atoms. The summed E-state index contributed by atoms with van der Waals surface area (Å²) in [7, 11) is 1.45. The Hall–Kier alpha value is -3.13. The van der Waals surface area contributed by atoms with Gasteiger partial charge < -0.3 is 13.9 Å². The molecule has 2 aromatic heterocycles. The molecular weight excluding hydrogens is 356 g/mol. The molecule has 0 spiro atoms. The van der Waals surface area contributed by atoms with Crippen molar-refractivity contribution in [2.24, 2.45) is 0 Å². The van der Waals surface area contributed by atoms with Gasteiger partial charge >= 0.3 is 5.97 Å². The van der Waals surface area contributed by atoms with Gasteiger partial charge in [-0.2, -0.15) is 0 Å². The predicted octanol–water partition coefficient (Wildman–Crippen LogP) is 2.95. The van der Waals surface area contributed by atoms with Crippen molar-refractivity contribution in [2.75, 3.05) is 7.11 Å². The zero-order valence-electron chi connectivity index (χ0n) is 13.7. The van der Waals surface area contributed by atoms with E-state index in [1.807, 2.05) is 0 Å². The van der Waals surface area contributed by atoms with Gasteiger partial charge in [-0.1, -0.05) is 23.9 Å². The fourth-order valence-corrected chi connectivity index (χ4v) is 2.75. The number of carbonyl (C=O) groups excluding carboxylic acids is 1. The molecule has 8 heteroatoms. The number of carbonyl (C=O) groups is 1. The van der Waals surface area contributed by atoms with Gasteiger partial charge in [0.2, 0.25) is 11.2 Å². The summed E-state index contributed by atoms with van der Waals surface area (Å²) in [6.45, 7) is 0. The van der Waals surface area contributed by atoms with Crippen LogP contribution in [0.2, 0.25) is 0 Å². The average molecular weight is 370 g/mol. The molecule has 3 rings (SSSR count). The first-order valence-electron chi connectivity index (χ1n) is 7.54. The third kappa shape index (κ3) is 4.28. The summed E-state index contributed by atoms with van der Waals surface area (Å²) in [5.41, 5.74) is -0.237. The highest BCUT2D eigenvalue weighted by atomic mass is 32.2. The summed E-state index contributed by atoms with van der Waals surface area (Å²) in [6, 6.07) is 9.58. The Kier molecular flexibility index (Phi) is 5.65. The van der Waals surface area contributed by atoms with Crippen molar-refractivity contribution < 1.29 is 18.7 Å². The van der Waals surface area contributed by atoms with Crippen molar-refractivity contribution in [1.82, 2.24) is 9.97 Å². The molecule has 0 aliphatic carbocycles. The molecule has 0 atom stereocenters. The van der Waals surface area contributed by atoms with E-state index in [9.17, 15) is 9.59 Å². The van der Waals surface area contributed by atoms with Crippen LogP contribution in [0.5, 0.6) is 11.5 Å². The largest absolute Gasteiger partial charge is 0.496 e. The van der Waals surface area contributed by atoms with Gasteiger partial charge in [0.25, 0.3) is 0 Å². The minimum atomic E-state index is -0.699. The zero-order valence-corrected chi connectivity index (χ0v) is 14.6. The Balaban J connectivity index is 1.69. The fraction of sp³-hybridized carbons (Fsp3) is 0.111. The summed E-state index contributed by atoms with van der Waals surface area (Å²) in [4.78, 5) is 32.5. The Morgan fingerprint density at radius 1 is 1.15 bits per heavy atom. The molecule has 3 aromatic rings. The van der Waals surface area contributed by atoms with Crippen molar-refractivity contribution in [1.29, 1.82) is 0 Å². The average Bonchev–Trinajstić information content (AvgIpc) is 2.69. The van der Waals surface area contributed by atoms with E-state index in [0.29, 0.717) is 22.4 Å². The Morgan fingerprint density at radius 2 is 1.92 bits per heavy atom. The molecule has 0 aliphatic rings. The van der Waals surface area contributed by atoms with Crippen LogP contribution >= 0.6 is 11.8 Å². The maximum absolute atomic E-state index is 12.2. The lowest BCUT2D eigenvalue weighted by molar-refractivity contribution is 0.0725. The SMILES string of the molecule is COc1ccccc1C(=O)Oc1coc(CSc2ncccn2)cc1=O. The molecule has 0 N–H and O–H groups in total. The molecule has 132 valence electrons. The van der Waals surface area contributed by atoms with Crippen LogP contribution < -0.4 is 14.9 Å². The maximum Gasteiger partial charge on any atom is 0.347 e. The van der Waals surface area contributed by atoms with Gasteiger partial charge in [0.05, 0.1) is 12.9 Å². The third-order valence-electron chi connectivity index (χ3n) is 3.27. The lowest BCUT2D eigenvalue weighted by Gasteiger charge is -2.07. The van der Waals surface area contributed by atoms with Crippen LogP contribution in [-0.2, 0) is 5.75 Å². The molecule has 0 fully saturated rings. The molecule has 26 heavy (non-hydrogen) atoms. The zero-order chi connectivity index (χ0) is 18.4. The highest BCUT2D eigenvalue weighted by Gasteiger charge is 2.16. The number of ether oxygens (including phenoxy) is 2. The first-order valence-corrected chi connectivity index (χ1v) is 8.52. The van der Waals surface area contributed by atoms with E-state index in [0.717, 1.165) is 6.26 Å². The van der Waals surface area contributed by atoms with Crippen molar-refractivity contribution in [3.05, 3.63) is 76.6 Å². The molecule has 0 radical (unpaired) electrons. The van der Waals surface area contributed by atoms with Gasteiger partial charge in [-0.25, -0.2) is 14.8 Å². The molecule has 0 unspecified atom stereocenters. The highest BCUT2D eigenvalue weighted by Crippen LogP contribution is 2.21. The molecule has 0 amide bonds. The van der Waals surface area contributed by atoms with E-state index in [1.165, 1.54) is 24.9 Å². The Bertz CT molecular complexity index is 959. The van der Waals surface area contributed by atoms with Crippen LogP contribution in [0.1, 0.15) is 16.1 Å².